The highest BCUT2D eigenvalue weighted by atomic mass is 16.5. The number of aliphatic hydroxyl groups is 1. The van der Waals surface area contributed by atoms with Gasteiger partial charge in [0, 0.05) is 32.6 Å². The Morgan fingerprint density at radius 3 is 2.65 bits per heavy atom. The van der Waals surface area contributed by atoms with Crippen molar-refractivity contribution in [3.05, 3.63) is 34.9 Å². The largest absolute Gasteiger partial charge is 0.388 e. The molecule has 0 bridgehead atoms. The van der Waals surface area contributed by atoms with Crippen LogP contribution in [0, 0.1) is 13.8 Å². The summed E-state index contributed by atoms with van der Waals surface area (Å²) in [4.78, 5) is 11.9. The second-order valence-corrected chi connectivity index (χ2v) is 5.71. The summed E-state index contributed by atoms with van der Waals surface area (Å²) < 4.78 is 5.22. The lowest BCUT2D eigenvalue weighted by Gasteiger charge is -2.32. The minimum absolute atomic E-state index is 0.0480. The highest BCUT2D eigenvalue weighted by Crippen LogP contribution is 2.19. The van der Waals surface area contributed by atoms with E-state index in [0.717, 1.165) is 5.56 Å². The van der Waals surface area contributed by atoms with Crippen LogP contribution >= 0.6 is 0 Å². The lowest BCUT2D eigenvalue weighted by atomic mass is 9.94. The number of carbonyl (C=O) groups is 1. The Morgan fingerprint density at radius 1 is 1.30 bits per heavy atom. The first-order valence-corrected chi connectivity index (χ1v) is 7.11. The third-order valence-electron chi connectivity index (χ3n) is 3.97. The van der Waals surface area contributed by atoms with E-state index in [1.165, 1.54) is 11.1 Å². The Balaban J connectivity index is 1.84. The third kappa shape index (κ3) is 4.05. The molecule has 20 heavy (non-hydrogen) atoms. The molecule has 1 amide bonds. The maximum atomic E-state index is 11.9. The van der Waals surface area contributed by atoms with Crippen molar-refractivity contribution in [1.29, 1.82) is 0 Å². The van der Waals surface area contributed by atoms with Crippen molar-refractivity contribution in [3.8, 4) is 0 Å². The number of benzene rings is 1. The minimum atomic E-state index is -0.808. The molecule has 0 radical (unpaired) electrons. The van der Waals surface area contributed by atoms with Gasteiger partial charge in [-0.2, -0.15) is 0 Å². The van der Waals surface area contributed by atoms with E-state index < -0.39 is 5.60 Å². The zero-order chi connectivity index (χ0) is 14.6. The Hall–Kier alpha value is -1.39. The summed E-state index contributed by atoms with van der Waals surface area (Å²) in [5, 5.41) is 13.1. The van der Waals surface area contributed by atoms with Crippen LogP contribution in [0.5, 0.6) is 0 Å². The SMILES string of the molecule is Cc1ccc(CC(=O)NCC2(O)CCOCC2)cc1C. The predicted octanol–water partition coefficient (Wildman–Crippen LogP) is 1.50. The average molecular weight is 277 g/mol. The monoisotopic (exact) mass is 277 g/mol. The Morgan fingerprint density at radius 2 is 2.00 bits per heavy atom. The molecule has 1 heterocycles. The minimum Gasteiger partial charge on any atom is -0.388 e. The van der Waals surface area contributed by atoms with Crippen molar-refractivity contribution in [2.75, 3.05) is 19.8 Å². The van der Waals surface area contributed by atoms with Gasteiger partial charge in [-0.1, -0.05) is 18.2 Å². The molecule has 1 aromatic rings. The molecule has 2 rings (SSSR count). The number of hydrogen-bond acceptors (Lipinski definition) is 3. The molecule has 1 aliphatic heterocycles. The number of hydrogen-bond donors (Lipinski definition) is 2. The molecule has 4 heteroatoms. The van der Waals surface area contributed by atoms with Gasteiger partial charge in [0.25, 0.3) is 0 Å². The van der Waals surface area contributed by atoms with Crippen LogP contribution in [0.25, 0.3) is 0 Å². The fraction of sp³-hybridized carbons (Fsp3) is 0.562. The predicted molar refractivity (Wildman–Crippen MR) is 77.6 cm³/mol. The number of ether oxygens (including phenoxy) is 1. The summed E-state index contributed by atoms with van der Waals surface area (Å²) in [7, 11) is 0. The fourth-order valence-electron chi connectivity index (χ4n) is 2.35. The molecular weight excluding hydrogens is 254 g/mol. The van der Waals surface area contributed by atoms with Crippen LogP contribution in [0.4, 0.5) is 0 Å². The first kappa shape index (κ1) is 15.0. The van der Waals surface area contributed by atoms with E-state index in [4.69, 9.17) is 4.74 Å². The molecule has 4 nitrogen and oxygen atoms in total. The van der Waals surface area contributed by atoms with Gasteiger partial charge >= 0.3 is 0 Å². The Bertz CT molecular complexity index is 479. The van der Waals surface area contributed by atoms with Gasteiger partial charge in [0.15, 0.2) is 0 Å². The number of carbonyl (C=O) groups excluding carboxylic acids is 1. The highest BCUT2D eigenvalue weighted by molar-refractivity contribution is 5.78. The lowest BCUT2D eigenvalue weighted by molar-refractivity contribution is -0.123. The quantitative estimate of drug-likeness (QED) is 0.877. The van der Waals surface area contributed by atoms with Gasteiger partial charge in [-0.25, -0.2) is 0 Å². The molecule has 1 aliphatic rings. The van der Waals surface area contributed by atoms with E-state index in [2.05, 4.69) is 12.2 Å². The highest BCUT2D eigenvalue weighted by Gasteiger charge is 2.29. The van der Waals surface area contributed by atoms with Crippen LogP contribution in [0.3, 0.4) is 0 Å². The van der Waals surface area contributed by atoms with E-state index in [9.17, 15) is 9.90 Å². The van der Waals surface area contributed by atoms with Crippen molar-refractivity contribution in [1.82, 2.24) is 5.32 Å². The lowest BCUT2D eigenvalue weighted by Crippen LogP contribution is -2.46. The second kappa shape index (κ2) is 6.37. The van der Waals surface area contributed by atoms with Crippen molar-refractivity contribution < 1.29 is 14.6 Å². The summed E-state index contributed by atoms with van der Waals surface area (Å²) >= 11 is 0. The van der Waals surface area contributed by atoms with Crippen molar-refractivity contribution >= 4 is 5.91 Å². The molecule has 0 aliphatic carbocycles. The van der Waals surface area contributed by atoms with E-state index in [-0.39, 0.29) is 5.91 Å². The van der Waals surface area contributed by atoms with Gasteiger partial charge in [-0.15, -0.1) is 0 Å². The molecule has 0 spiro atoms. The molecule has 1 fully saturated rings. The van der Waals surface area contributed by atoms with Crippen molar-refractivity contribution in [2.45, 2.75) is 38.7 Å². The molecule has 1 saturated heterocycles. The summed E-state index contributed by atoms with van der Waals surface area (Å²) in [5.74, 6) is -0.0480. The van der Waals surface area contributed by atoms with Crippen LogP contribution in [0.15, 0.2) is 18.2 Å². The van der Waals surface area contributed by atoms with Crippen LogP contribution in [-0.4, -0.2) is 36.4 Å². The molecule has 2 N–H and O–H groups in total. The Labute approximate surface area is 120 Å². The summed E-state index contributed by atoms with van der Waals surface area (Å²) in [6.07, 6.45) is 1.52. The van der Waals surface area contributed by atoms with Crippen molar-refractivity contribution in [3.63, 3.8) is 0 Å². The van der Waals surface area contributed by atoms with E-state index >= 15 is 0 Å². The standard InChI is InChI=1S/C16H23NO3/c1-12-3-4-14(9-13(12)2)10-15(18)17-11-16(19)5-7-20-8-6-16/h3-4,9,19H,5-8,10-11H2,1-2H3,(H,17,18). The van der Waals surface area contributed by atoms with Crippen LogP contribution < -0.4 is 5.32 Å². The molecular formula is C16H23NO3. The van der Waals surface area contributed by atoms with Gasteiger partial charge in [0.2, 0.25) is 5.91 Å². The van der Waals surface area contributed by atoms with Gasteiger partial charge < -0.3 is 15.2 Å². The number of amides is 1. The van der Waals surface area contributed by atoms with Crippen molar-refractivity contribution in [2.24, 2.45) is 0 Å². The average Bonchev–Trinajstić information content (AvgIpc) is 2.42. The summed E-state index contributed by atoms with van der Waals surface area (Å²) in [6.45, 7) is 5.52. The molecule has 110 valence electrons. The molecule has 0 saturated carbocycles. The smallest absolute Gasteiger partial charge is 0.224 e. The molecule has 0 atom stereocenters. The first-order valence-electron chi connectivity index (χ1n) is 7.11. The second-order valence-electron chi connectivity index (χ2n) is 5.71. The van der Waals surface area contributed by atoms with Crippen LogP contribution in [0.2, 0.25) is 0 Å². The van der Waals surface area contributed by atoms with Gasteiger partial charge in [-0.05, 0) is 30.5 Å². The summed E-state index contributed by atoms with van der Waals surface area (Å²) in [6, 6.07) is 6.05. The molecule has 1 aromatic carbocycles. The zero-order valence-electron chi connectivity index (χ0n) is 12.2. The van der Waals surface area contributed by atoms with Crippen LogP contribution in [-0.2, 0) is 16.0 Å². The molecule has 0 unspecified atom stereocenters. The molecule has 0 aromatic heterocycles. The Kier molecular flexibility index (Phi) is 4.78. The van der Waals surface area contributed by atoms with Gasteiger partial charge in [0.05, 0.1) is 12.0 Å². The third-order valence-corrected chi connectivity index (χ3v) is 3.97. The fourth-order valence-corrected chi connectivity index (χ4v) is 2.35. The first-order chi connectivity index (χ1) is 9.48. The van der Waals surface area contributed by atoms with E-state index in [1.807, 2.05) is 25.1 Å². The number of nitrogens with one attached hydrogen (secondary N) is 1. The van der Waals surface area contributed by atoms with E-state index in [1.54, 1.807) is 0 Å². The van der Waals surface area contributed by atoms with E-state index in [0.29, 0.717) is 39.0 Å². The van der Waals surface area contributed by atoms with Crippen LogP contribution in [0.1, 0.15) is 29.5 Å². The maximum absolute atomic E-state index is 11.9. The van der Waals surface area contributed by atoms with Gasteiger partial charge in [-0.3, -0.25) is 4.79 Å². The zero-order valence-corrected chi connectivity index (χ0v) is 12.2. The van der Waals surface area contributed by atoms with Gasteiger partial charge in [0.1, 0.15) is 0 Å². The normalized spacial score (nSPS) is 17.8. The maximum Gasteiger partial charge on any atom is 0.224 e. The number of rotatable bonds is 4. The number of aryl methyl sites for hydroxylation is 2. The topological polar surface area (TPSA) is 58.6 Å². The summed E-state index contributed by atoms with van der Waals surface area (Å²) in [5.41, 5.74) is 2.62.